The third-order valence-corrected chi connectivity index (χ3v) is 3.43. The van der Waals surface area contributed by atoms with E-state index in [4.69, 9.17) is 0 Å². The summed E-state index contributed by atoms with van der Waals surface area (Å²) in [5.74, 6) is 0.959. The summed E-state index contributed by atoms with van der Waals surface area (Å²) in [6.45, 7) is 7.14. The van der Waals surface area contributed by atoms with Gasteiger partial charge in [-0.05, 0) is 30.6 Å². The van der Waals surface area contributed by atoms with E-state index in [1.54, 1.807) is 0 Å². The van der Waals surface area contributed by atoms with Gasteiger partial charge in [0.05, 0.1) is 0 Å². The minimum Gasteiger partial charge on any atom is -0.0649 e. The average Bonchev–Trinajstić information content (AvgIpc) is 2.06. The number of hydrogen-bond donors (Lipinski definition) is 0. The van der Waals surface area contributed by atoms with Gasteiger partial charge in [-0.1, -0.05) is 40.0 Å². The fraction of sp³-hybridized carbons (Fsp3) is 0.909. The van der Waals surface area contributed by atoms with E-state index in [0.717, 1.165) is 5.92 Å². The van der Waals surface area contributed by atoms with Crippen molar-refractivity contribution in [2.45, 2.75) is 52.9 Å². The van der Waals surface area contributed by atoms with Crippen molar-refractivity contribution in [2.75, 3.05) is 0 Å². The van der Waals surface area contributed by atoms with Gasteiger partial charge in [-0.2, -0.15) is 0 Å². The van der Waals surface area contributed by atoms with Crippen LogP contribution in [0.1, 0.15) is 52.9 Å². The molecule has 1 unspecified atom stereocenters. The topological polar surface area (TPSA) is 0 Å². The van der Waals surface area contributed by atoms with Crippen molar-refractivity contribution in [1.29, 1.82) is 0 Å². The maximum absolute atomic E-state index is 2.48. The van der Waals surface area contributed by atoms with Crippen LogP contribution in [0, 0.1) is 17.8 Å². The number of hydrogen-bond acceptors (Lipinski definition) is 0. The molecule has 0 aromatic rings. The minimum atomic E-state index is 0.580. The molecule has 0 nitrogen and oxygen atoms in total. The van der Waals surface area contributed by atoms with Crippen LogP contribution < -0.4 is 0 Å². The van der Waals surface area contributed by atoms with Gasteiger partial charge >= 0.3 is 0 Å². The first-order chi connectivity index (χ1) is 5.17. The van der Waals surface area contributed by atoms with E-state index >= 15 is 0 Å². The fourth-order valence-corrected chi connectivity index (χ4v) is 1.94. The van der Waals surface area contributed by atoms with Crippen LogP contribution in [0.3, 0.4) is 0 Å². The third kappa shape index (κ3) is 2.21. The Morgan fingerprint density at radius 1 is 1.45 bits per heavy atom. The molecule has 0 aromatic carbocycles. The zero-order chi connectivity index (χ0) is 8.32. The van der Waals surface area contributed by atoms with E-state index < -0.39 is 0 Å². The monoisotopic (exact) mass is 153 g/mol. The van der Waals surface area contributed by atoms with E-state index in [0.29, 0.717) is 5.41 Å². The van der Waals surface area contributed by atoms with Gasteiger partial charge in [0.1, 0.15) is 0 Å². The largest absolute Gasteiger partial charge is 0.0649 e. The Kier molecular flexibility index (Phi) is 2.98. The summed E-state index contributed by atoms with van der Waals surface area (Å²) < 4.78 is 0. The summed E-state index contributed by atoms with van der Waals surface area (Å²) in [5, 5.41) is 0. The van der Waals surface area contributed by atoms with Gasteiger partial charge in [-0.15, -0.1) is 0 Å². The first-order valence-electron chi connectivity index (χ1n) is 4.98. The normalized spacial score (nSPS) is 22.1. The highest BCUT2D eigenvalue weighted by Crippen LogP contribution is 2.39. The Labute approximate surface area is 71.4 Å². The van der Waals surface area contributed by atoms with Crippen LogP contribution in [-0.4, -0.2) is 0 Å². The summed E-state index contributed by atoms with van der Waals surface area (Å²) >= 11 is 0. The SMILES string of the molecule is CCC(C)(C)C1C[CH]CCC1. The molecule has 1 atom stereocenters. The maximum Gasteiger partial charge on any atom is -0.0328 e. The highest BCUT2D eigenvalue weighted by molar-refractivity contribution is 4.85. The van der Waals surface area contributed by atoms with Gasteiger partial charge in [0.15, 0.2) is 0 Å². The molecule has 0 N–H and O–H groups in total. The maximum atomic E-state index is 2.48. The summed E-state index contributed by atoms with van der Waals surface area (Å²) in [7, 11) is 0. The van der Waals surface area contributed by atoms with E-state index in [9.17, 15) is 0 Å². The zero-order valence-corrected chi connectivity index (χ0v) is 8.19. The molecule has 1 aliphatic carbocycles. The summed E-state index contributed by atoms with van der Waals surface area (Å²) in [6, 6.07) is 0. The lowest BCUT2D eigenvalue weighted by Gasteiger charge is -2.36. The first-order valence-corrected chi connectivity index (χ1v) is 4.98. The molecule has 0 amide bonds. The van der Waals surface area contributed by atoms with Crippen LogP contribution in [0.2, 0.25) is 0 Å². The second-order valence-electron chi connectivity index (χ2n) is 4.49. The summed E-state index contributed by atoms with van der Waals surface area (Å²) in [6.07, 6.45) is 9.40. The predicted octanol–water partition coefficient (Wildman–Crippen LogP) is 3.82. The van der Waals surface area contributed by atoms with Crippen molar-refractivity contribution < 1.29 is 0 Å². The van der Waals surface area contributed by atoms with Crippen LogP contribution in [0.5, 0.6) is 0 Å². The van der Waals surface area contributed by atoms with Crippen LogP contribution in [0.25, 0.3) is 0 Å². The van der Waals surface area contributed by atoms with Gasteiger partial charge in [0.2, 0.25) is 0 Å². The minimum absolute atomic E-state index is 0.580. The lowest BCUT2D eigenvalue weighted by molar-refractivity contribution is 0.171. The zero-order valence-electron chi connectivity index (χ0n) is 8.19. The molecular formula is C11H21. The fourth-order valence-electron chi connectivity index (χ4n) is 1.94. The summed E-state index contributed by atoms with van der Waals surface area (Å²) in [5.41, 5.74) is 0.580. The van der Waals surface area contributed by atoms with Crippen molar-refractivity contribution in [3.8, 4) is 0 Å². The molecule has 1 saturated carbocycles. The molecule has 1 radical (unpaired) electrons. The molecule has 0 aromatic heterocycles. The molecule has 11 heavy (non-hydrogen) atoms. The second-order valence-corrected chi connectivity index (χ2v) is 4.49. The van der Waals surface area contributed by atoms with E-state index in [2.05, 4.69) is 27.2 Å². The summed E-state index contributed by atoms with van der Waals surface area (Å²) in [4.78, 5) is 0. The van der Waals surface area contributed by atoms with Crippen LogP contribution in [0.15, 0.2) is 0 Å². The van der Waals surface area contributed by atoms with E-state index in [1.165, 1.54) is 32.1 Å². The quantitative estimate of drug-likeness (QED) is 0.566. The second kappa shape index (κ2) is 3.60. The Balaban J connectivity index is 2.43. The lowest BCUT2D eigenvalue weighted by Crippen LogP contribution is -2.25. The molecule has 0 aliphatic heterocycles. The Hall–Kier alpha value is 0. The molecule has 1 rings (SSSR count). The highest BCUT2D eigenvalue weighted by Gasteiger charge is 2.28. The molecule has 1 aliphatic rings. The molecule has 0 spiro atoms. The number of rotatable bonds is 2. The molecule has 0 heterocycles. The molecule has 0 bridgehead atoms. The van der Waals surface area contributed by atoms with Gasteiger partial charge in [-0.25, -0.2) is 0 Å². The molecule has 1 fully saturated rings. The first kappa shape index (κ1) is 9.09. The van der Waals surface area contributed by atoms with Crippen molar-refractivity contribution in [1.82, 2.24) is 0 Å². The van der Waals surface area contributed by atoms with Crippen LogP contribution in [0.4, 0.5) is 0 Å². The highest BCUT2D eigenvalue weighted by atomic mass is 14.3. The van der Waals surface area contributed by atoms with Crippen LogP contribution in [-0.2, 0) is 0 Å². The van der Waals surface area contributed by atoms with Gasteiger partial charge < -0.3 is 0 Å². The third-order valence-electron chi connectivity index (χ3n) is 3.43. The average molecular weight is 153 g/mol. The molecule has 0 heteroatoms. The predicted molar refractivity (Wildman–Crippen MR) is 50.3 cm³/mol. The van der Waals surface area contributed by atoms with Gasteiger partial charge in [-0.3, -0.25) is 0 Å². The molecule has 0 saturated heterocycles. The van der Waals surface area contributed by atoms with Crippen molar-refractivity contribution >= 4 is 0 Å². The smallest absolute Gasteiger partial charge is 0.0328 e. The van der Waals surface area contributed by atoms with Crippen molar-refractivity contribution in [3.05, 3.63) is 6.42 Å². The van der Waals surface area contributed by atoms with Crippen LogP contribution >= 0.6 is 0 Å². The molecule has 65 valence electrons. The Morgan fingerprint density at radius 2 is 2.18 bits per heavy atom. The van der Waals surface area contributed by atoms with Crippen molar-refractivity contribution in [3.63, 3.8) is 0 Å². The van der Waals surface area contributed by atoms with E-state index in [1.807, 2.05) is 0 Å². The van der Waals surface area contributed by atoms with Gasteiger partial charge in [0.25, 0.3) is 0 Å². The van der Waals surface area contributed by atoms with Gasteiger partial charge in [0, 0.05) is 0 Å². The Morgan fingerprint density at radius 3 is 2.64 bits per heavy atom. The standard InChI is InChI=1S/C11H21/c1-4-11(2,3)10-8-6-5-7-9-10/h6,10H,4-5,7-9H2,1-3H3. The Bertz CT molecular complexity index is 107. The lowest BCUT2D eigenvalue weighted by atomic mass is 9.70. The van der Waals surface area contributed by atoms with E-state index in [-0.39, 0.29) is 0 Å². The molecular weight excluding hydrogens is 132 g/mol. The van der Waals surface area contributed by atoms with Crippen molar-refractivity contribution in [2.24, 2.45) is 11.3 Å².